The molecule has 0 unspecified atom stereocenters. The Balaban J connectivity index is 2.07. The number of amides is 1. The summed E-state index contributed by atoms with van der Waals surface area (Å²) >= 11 is 6.26. The summed E-state index contributed by atoms with van der Waals surface area (Å²) in [7, 11) is -0.861. The molecule has 2 aromatic carbocycles. The van der Waals surface area contributed by atoms with E-state index in [-0.39, 0.29) is 16.3 Å². The molecule has 32 heavy (non-hydrogen) atoms. The molecule has 0 saturated carbocycles. The van der Waals surface area contributed by atoms with Gasteiger partial charge in [0.25, 0.3) is 5.91 Å². The molecule has 0 aliphatic heterocycles. The van der Waals surface area contributed by atoms with Gasteiger partial charge in [-0.1, -0.05) is 23.7 Å². The van der Waals surface area contributed by atoms with Crippen LogP contribution in [0.15, 0.2) is 52.2 Å². The number of halogens is 1. The summed E-state index contributed by atoms with van der Waals surface area (Å²) in [5.41, 5.74) is 1.76. The van der Waals surface area contributed by atoms with Crippen molar-refractivity contribution < 1.29 is 13.2 Å². The Kier molecular flexibility index (Phi) is 6.54. The Bertz CT molecular complexity index is 1380. The third-order valence-electron chi connectivity index (χ3n) is 5.07. The summed E-state index contributed by atoms with van der Waals surface area (Å²) in [5, 5.41) is 7.28. The molecule has 10 heteroatoms. The van der Waals surface area contributed by atoms with Crippen LogP contribution in [0.5, 0.6) is 0 Å². The van der Waals surface area contributed by atoms with Gasteiger partial charge in [-0.3, -0.25) is 9.59 Å². The SMILES string of the molecule is Cc1cc(S(=O)(=O)N(C)C)cc(NC(=O)c2nn(-c3ccccc3Cl)c(C)cc2=O)c1C. The number of carbonyl (C=O) groups is 1. The molecule has 168 valence electrons. The molecule has 8 nitrogen and oxygen atoms in total. The quantitative estimate of drug-likeness (QED) is 0.611. The zero-order valence-corrected chi connectivity index (χ0v) is 19.9. The summed E-state index contributed by atoms with van der Waals surface area (Å²) in [6, 6.07) is 11.1. The van der Waals surface area contributed by atoms with E-state index < -0.39 is 21.4 Å². The lowest BCUT2D eigenvalue weighted by Crippen LogP contribution is -2.27. The van der Waals surface area contributed by atoms with E-state index in [4.69, 9.17) is 11.6 Å². The fourth-order valence-electron chi connectivity index (χ4n) is 3.07. The second-order valence-electron chi connectivity index (χ2n) is 7.52. The number of aromatic nitrogens is 2. The van der Waals surface area contributed by atoms with E-state index in [0.29, 0.717) is 27.5 Å². The van der Waals surface area contributed by atoms with E-state index in [0.717, 1.165) is 4.31 Å². The van der Waals surface area contributed by atoms with Gasteiger partial charge in [0.15, 0.2) is 5.69 Å². The fraction of sp³-hybridized carbons (Fsp3) is 0.227. The van der Waals surface area contributed by atoms with Crippen molar-refractivity contribution in [2.24, 2.45) is 0 Å². The van der Waals surface area contributed by atoms with Crippen molar-refractivity contribution in [3.05, 3.63) is 80.2 Å². The summed E-state index contributed by atoms with van der Waals surface area (Å²) in [4.78, 5) is 25.6. The van der Waals surface area contributed by atoms with E-state index in [1.807, 2.05) is 0 Å². The first kappa shape index (κ1) is 23.6. The van der Waals surface area contributed by atoms with E-state index in [1.54, 1.807) is 45.0 Å². The number of hydrogen-bond donors (Lipinski definition) is 1. The molecular weight excluding hydrogens is 452 g/mol. The van der Waals surface area contributed by atoms with Gasteiger partial charge < -0.3 is 5.32 Å². The number of hydrogen-bond acceptors (Lipinski definition) is 5. The molecule has 0 spiro atoms. The van der Waals surface area contributed by atoms with Crippen LogP contribution in [0.1, 0.15) is 27.3 Å². The van der Waals surface area contributed by atoms with Crippen LogP contribution >= 0.6 is 11.6 Å². The molecular formula is C22H23ClN4O4S. The van der Waals surface area contributed by atoms with Gasteiger partial charge in [0.1, 0.15) is 0 Å². The second-order valence-corrected chi connectivity index (χ2v) is 10.1. The standard InChI is InChI=1S/C22H23ClN4O4S/c1-13-10-16(32(30,31)26(4)5)12-18(15(13)3)24-22(29)21-20(28)11-14(2)27(25-21)19-9-7-6-8-17(19)23/h6-12H,1-5H3,(H,24,29). The Morgan fingerprint density at radius 3 is 2.38 bits per heavy atom. The first-order valence-electron chi connectivity index (χ1n) is 9.64. The Hall–Kier alpha value is -3.01. The number of sulfonamides is 1. The number of nitrogens with zero attached hydrogens (tertiary/aromatic N) is 3. The van der Waals surface area contributed by atoms with Crippen molar-refractivity contribution in [3.63, 3.8) is 0 Å². The zero-order chi connectivity index (χ0) is 23.8. The third kappa shape index (κ3) is 4.45. The average molecular weight is 475 g/mol. The number of para-hydroxylation sites is 1. The topological polar surface area (TPSA) is 101 Å². The van der Waals surface area contributed by atoms with Crippen LogP contribution in [0.25, 0.3) is 5.69 Å². The predicted octanol–water partition coefficient (Wildman–Crippen LogP) is 3.31. The van der Waals surface area contributed by atoms with E-state index in [2.05, 4.69) is 10.4 Å². The summed E-state index contributed by atoms with van der Waals surface area (Å²) in [6.45, 7) is 5.18. The van der Waals surface area contributed by atoms with Crippen molar-refractivity contribution in [2.75, 3.05) is 19.4 Å². The van der Waals surface area contributed by atoms with Gasteiger partial charge in [0.05, 0.1) is 15.6 Å². The Labute approximate surface area is 191 Å². The molecule has 1 aromatic heterocycles. The predicted molar refractivity (Wildman–Crippen MR) is 124 cm³/mol. The van der Waals surface area contributed by atoms with E-state index in [9.17, 15) is 18.0 Å². The van der Waals surface area contributed by atoms with E-state index >= 15 is 0 Å². The second kappa shape index (κ2) is 8.85. The van der Waals surface area contributed by atoms with E-state index in [1.165, 1.54) is 37.0 Å². The lowest BCUT2D eigenvalue weighted by atomic mass is 10.1. The highest BCUT2D eigenvalue weighted by Crippen LogP contribution is 2.26. The van der Waals surface area contributed by atoms with Crippen LogP contribution in [-0.2, 0) is 10.0 Å². The largest absolute Gasteiger partial charge is 0.320 e. The zero-order valence-electron chi connectivity index (χ0n) is 18.3. The highest BCUT2D eigenvalue weighted by Gasteiger charge is 2.22. The monoisotopic (exact) mass is 474 g/mol. The number of nitrogens with one attached hydrogen (secondary N) is 1. The summed E-state index contributed by atoms with van der Waals surface area (Å²) < 4.78 is 27.6. The number of anilines is 1. The maximum Gasteiger partial charge on any atom is 0.280 e. The average Bonchev–Trinajstić information content (AvgIpc) is 2.71. The van der Waals surface area contributed by atoms with Crippen molar-refractivity contribution in [3.8, 4) is 5.69 Å². The lowest BCUT2D eigenvalue weighted by molar-refractivity contribution is 0.101. The molecule has 0 saturated heterocycles. The molecule has 0 atom stereocenters. The van der Waals surface area contributed by atoms with Crippen molar-refractivity contribution >= 4 is 33.2 Å². The van der Waals surface area contributed by atoms with Gasteiger partial charge in [0, 0.05) is 31.5 Å². The molecule has 0 bridgehead atoms. The third-order valence-corrected chi connectivity index (χ3v) is 7.18. The number of carbonyl (C=O) groups excluding carboxylic acids is 1. The first-order valence-corrected chi connectivity index (χ1v) is 11.5. The molecule has 1 amide bonds. The number of aryl methyl sites for hydroxylation is 2. The van der Waals surface area contributed by atoms with Gasteiger partial charge in [-0.05, 0) is 56.2 Å². The molecule has 0 radical (unpaired) electrons. The van der Waals surface area contributed by atoms with Gasteiger partial charge >= 0.3 is 0 Å². The van der Waals surface area contributed by atoms with Gasteiger partial charge in [0.2, 0.25) is 15.5 Å². The van der Waals surface area contributed by atoms with Crippen LogP contribution in [0.4, 0.5) is 5.69 Å². The van der Waals surface area contributed by atoms with Crippen LogP contribution in [-0.4, -0.2) is 42.5 Å². The lowest BCUT2D eigenvalue weighted by Gasteiger charge is -2.17. The highest BCUT2D eigenvalue weighted by molar-refractivity contribution is 7.89. The number of rotatable bonds is 5. The highest BCUT2D eigenvalue weighted by atomic mass is 35.5. The van der Waals surface area contributed by atoms with Crippen molar-refractivity contribution in [1.82, 2.24) is 14.1 Å². The normalized spacial score (nSPS) is 11.6. The minimum Gasteiger partial charge on any atom is -0.320 e. The molecule has 0 fully saturated rings. The minimum absolute atomic E-state index is 0.0336. The van der Waals surface area contributed by atoms with Gasteiger partial charge in [-0.25, -0.2) is 17.4 Å². The molecule has 3 rings (SSSR count). The Morgan fingerprint density at radius 2 is 1.75 bits per heavy atom. The number of benzene rings is 2. The molecule has 3 aromatic rings. The van der Waals surface area contributed by atoms with Crippen LogP contribution in [0.3, 0.4) is 0 Å². The summed E-state index contributed by atoms with van der Waals surface area (Å²) in [5.74, 6) is -0.752. The van der Waals surface area contributed by atoms with Crippen LogP contribution in [0.2, 0.25) is 5.02 Å². The maximum absolute atomic E-state index is 13.0. The first-order chi connectivity index (χ1) is 14.9. The van der Waals surface area contributed by atoms with Gasteiger partial charge in [-0.2, -0.15) is 5.10 Å². The molecule has 0 aliphatic rings. The summed E-state index contributed by atoms with van der Waals surface area (Å²) in [6.07, 6.45) is 0. The smallest absolute Gasteiger partial charge is 0.280 e. The molecule has 0 aliphatic carbocycles. The fourth-order valence-corrected chi connectivity index (χ4v) is 4.30. The van der Waals surface area contributed by atoms with Crippen LogP contribution < -0.4 is 10.7 Å². The van der Waals surface area contributed by atoms with Crippen LogP contribution in [0, 0.1) is 20.8 Å². The van der Waals surface area contributed by atoms with Crippen molar-refractivity contribution in [2.45, 2.75) is 25.7 Å². The molecule has 1 N–H and O–H groups in total. The minimum atomic E-state index is -3.71. The molecule has 1 heterocycles. The van der Waals surface area contributed by atoms with Gasteiger partial charge in [-0.15, -0.1) is 0 Å². The van der Waals surface area contributed by atoms with Crippen molar-refractivity contribution in [1.29, 1.82) is 0 Å². The maximum atomic E-state index is 13.0. The Morgan fingerprint density at radius 1 is 1.09 bits per heavy atom.